The molecule has 2 aromatic heterocycles. The Balaban J connectivity index is 2.04. The summed E-state index contributed by atoms with van der Waals surface area (Å²) in [5.41, 5.74) is 7.45. The molecule has 5 heteroatoms. The van der Waals surface area contributed by atoms with E-state index in [4.69, 9.17) is 17.3 Å². The van der Waals surface area contributed by atoms with E-state index in [0.717, 1.165) is 16.6 Å². The molecule has 0 aliphatic heterocycles. The minimum absolute atomic E-state index is 0.464. The molecule has 18 heavy (non-hydrogen) atoms. The number of aromatic nitrogens is 3. The molecule has 2 N–H and O–H groups in total. The highest BCUT2D eigenvalue weighted by molar-refractivity contribution is 6.31. The molecule has 3 rings (SSSR count). The second kappa shape index (κ2) is 4.31. The first kappa shape index (κ1) is 11.0. The van der Waals surface area contributed by atoms with Crippen LogP contribution in [0.1, 0.15) is 5.69 Å². The summed E-state index contributed by atoms with van der Waals surface area (Å²) in [6.07, 6.45) is 1.83. The molecule has 0 saturated heterocycles. The molecule has 0 aliphatic carbocycles. The van der Waals surface area contributed by atoms with Gasteiger partial charge in [-0.15, -0.1) is 0 Å². The van der Waals surface area contributed by atoms with Gasteiger partial charge in [-0.3, -0.25) is 4.68 Å². The summed E-state index contributed by atoms with van der Waals surface area (Å²) in [6.45, 7) is 0.511. The van der Waals surface area contributed by atoms with Crippen molar-refractivity contribution in [2.24, 2.45) is 0 Å². The number of fused-ring (bicyclic) bond motifs is 1. The number of hydrogen-bond acceptors (Lipinski definition) is 3. The maximum atomic E-state index is 6.11. The number of para-hydroxylation sites is 1. The van der Waals surface area contributed by atoms with Crippen molar-refractivity contribution in [3.63, 3.8) is 0 Å². The largest absolute Gasteiger partial charge is 0.384 e. The highest BCUT2D eigenvalue weighted by Gasteiger charge is 2.07. The lowest BCUT2D eigenvalue weighted by Gasteiger charge is -2.06. The molecule has 4 nitrogen and oxygen atoms in total. The molecule has 3 aromatic rings. The smallest absolute Gasteiger partial charge is 0.123 e. The molecule has 0 amide bonds. The van der Waals surface area contributed by atoms with Gasteiger partial charge in [-0.05, 0) is 18.2 Å². The third-order valence-electron chi connectivity index (χ3n) is 2.79. The van der Waals surface area contributed by atoms with Crippen LogP contribution in [0.3, 0.4) is 0 Å². The molecular weight excluding hydrogens is 248 g/mol. The van der Waals surface area contributed by atoms with Crippen LogP contribution >= 0.6 is 11.6 Å². The Hall–Kier alpha value is -2.07. The summed E-state index contributed by atoms with van der Waals surface area (Å²) in [7, 11) is 0. The lowest BCUT2D eigenvalue weighted by Crippen LogP contribution is -2.05. The van der Waals surface area contributed by atoms with Crippen molar-refractivity contribution in [3.8, 4) is 0 Å². The fraction of sp³-hybridized carbons (Fsp3) is 0.0769. The van der Waals surface area contributed by atoms with Gasteiger partial charge in [-0.2, -0.15) is 5.10 Å². The standard InChI is InChI=1S/C13H11ClN4/c14-10-5-6-13(15)17-11(10)8-18-12-4-2-1-3-9(12)7-16-18/h1-7H,8H2,(H2,15,17). The summed E-state index contributed by atoms with van der Waals surface area (Å²) in [5, 5.41) is 6.03. The summed E-state index contributed by atoms with van der Waals surface area (Å²) in [4.78, 5) is 4.24. The molecule has 0 unspecified atom stereocenters. The van der Waals surface area contributed by atoms with Crippen molar-refractivity contribution in [1.29, 1.82) is 0 Å². The van der Waals surface area contributed by atoms with E-state index in [1.165, 1.54) is 0 Å². The number of benzene rings is 1. The highest BCUT2D eigenvalue weighted by Crippen LogP contribution is 2.19. The molecule has 0 radical (unpaired) electrons. The minimum Gasteiger partial charge on any atom is -0.384 e. The lowest BCUT2D eigenvalue weighted by atomic mass is 10.2. The van der Waals surface area contributed by atoms with Crippen LogP contribution in [0.4, 0.5) is 5.82 Å². The number of nitrogen functional groups attached to an aromatic ring is 1. The van der Waals surface area contributed by atoms with Crippen LogP contribution in [0.5, 0.6) is 0 Å². The fourth-order valence-corrected chi connectivity index (χ4v) is 2.07. The van der Waals surface area contributed by atoms with E-state index < -0.39 is 0 Å². The van der Waals surface area contributed by atoms with Crippen LogP contribution in [0.25, 0.3) is 10.9 Å². The summed E-state index contributed by atoms with van der Waals surface area (Å²) in [5.74, 6) is 0.464. The molecule has 0 fully saturated rings. The van der Waals surface area contributed by atoms with Crippen LogP contribution in [0.2, 0.25) is 5.02 Å². The van der Waals surface area contributed by atoms with Gasteiger partial charge in [0.2, 0.25) is 0 Å². The number of rotatable bonds is 2. The maximum Gasteiger partial charge on any atom is 0.123 e. The van der Waals surface area contributed by atoms with Crippen LogP contribution in [0, 0.1) is 0 Å². The van der Waals surface area contributed by atoms with Gasteiger partial charge in [0.25, 0.3) is 0 Å². The zero-order chi connectivity index (χ0) is 12.5. The first-order chi connectivity index (χ1) is 8.74. The van der Waals surface area contributed by atoms with E-state index in [9.17, 15) is 0 Å². The summed E-state index contributed by atoms with van der Waals surface area (Å²) >= 11 is 6.11. The van der Waals surface area contributed by atoms with E-state index in [1.54, 1.807) is 12.1 Å². The van der Waals surface area contributed by atoms with Crippen LogP contribution < -0.4 is 5.73 Å². The maximum absolute atomic E-state index is 6.11. The molecule has 0 atom stereocenters. The predicted molar refractivity (Wildman–Crippen MR) is 72.5 cm³/mol. The Labute approximate surface area is 109 Å². The molecular formula is C13H11ClN4. The Morgan fingerprint density at radius 1 is 1.17 bits per heavy atom. The van der Waals surface area contributed by atoms with E-state index >= 15 is 0 Å². The van der Waals surface area contributed by atoms with Gasteiger partial charge in [0.05, 0.1) is 29.0 Å². The van der Waals surface area contributed by atoms with Gasteiger partial charge in [-0.1, -0.05) is 29.8 Å². The highest BCUT2D eigenvalue weighted by atomic mass is 35.5. The van der Waals surface area contributed by atoms with E-state index in [-0.39, 0.29) is 0 Å². The number of nitrogens with two attached hydrogens (primary N) is 1. The van der Waals surface area contributed by atoms with Crippen molar-refractivity contribution < 1.29 is 0 Å². The normalized spacial score (nSPS) is 10.9. The number of nitrogens with zero attached hydrogens (tertiary/aromatic N) is 3. The van der Waals surface area contributed by atoms with Gasteiger partial charge >= 0.3 is 0 Å². The minimum atomic E-state index is 0.464. The van der Waals surface area contributed by atoms with Crippen molar-refractivity contribution in [1.82, 2.24) is 14.8 Å². The predicted octanol–water partition coefficient (Wildman–Crippen LogP) is 2.72. The third kappa shape index (κ3) is 1.91. The van der Waals surface area contributed by atoms with Crippen molar-refractivity contribution in [2.75, 3.05) is 5.73 Å². The van der Waals surface area contributed by atoms with Crippen molar-refractivity contribution >= 4 is 28.3 Å². The first-order valence-corrected chi connectivity index (χ1v) is 5.93. The molecule has 0 spiro atoms. The second-order valence-corrected chi connectivity index (χ2v) is 4.43. The lowest BCUT2D eigenvalue weighted by molar-refractivity contribution is 0.697. The zero-order valence-electron chi connectivity index (χ0n) is 9.55. The van der Waals surface area contributed by atoms with Crippen LogP contribution in [-0.4, -0.2) is 14.8 Å². The van der Waals surface area contributed by atoms with Crippen molar-refractivity contribution in [3.05, 3.63) is 53.3 Å². The summed E-state index contributed by atoms with van der Waals surface area (Å²) < 4.78 is 1.86. The Kier molecular flexibility index (Phi) is 2.64. The van der Waals surface area contributed by atoms with Gasteiger partial charge < -0.3 is 5.73 Å². The van der Waals surface area contributed by atoms with Gasteiger partial charge in [0.15, 0.2) is 0 Å². The van der Waals surface area contributed by atoms with Crippen LogP contribution in [-0.2, 0) is 6.54 Å². The Bertz CT molecular complexity index is 705. The third-order valence-corrected chi connectivity index (χ3v) is 3.13. The van der Waals surface area contributed by atoms with E-state index in [2.05, 4.69) is 10.1 Å². The van der Waals surface area contributed by atoms with Gasteiger partial charge in [0.1, 0.15) is 5.82 Å². The Morgan fingerprint density at radius 2 is 2.00 bits per heavy atom. The summed E-state index contributed by atoms with van der Waals surface area (Å²) in [6, 6.07) is 11.4. The molecule has 0 bridgehead atoms. The number of anilines is 1. The van der Waals surface area contributed by atoms with Crippen molar-refractivity contribution in [2.45, 2.75) is 6.54 Å². The average Bonchev–Trinajstić information content (AvgIpc) is 2.78. The molecule has 0 aliphatic rings. The van der Waals surface area contributed by atoms with Gasteiger partial charge in [-0.25, -0.2) is 4.98 Å². The average molecular weight is 259 g/mol. The monoisotopic (exact) mass is 258 g/mol. The zero-order valence-corrected chi connectivity index (χ0v) is 10.3. The molecule has 90 valence electrons. The number of halogens is 1. The first-order valence-electron chi connectivity index (χ1n) is 5.55. The molecule has 2 heterocycles. The second-order valence-electron chi connectivity index (χ2n) is 4.03. The topological polar surface area (TPSA) is 56.7 Å². The van der Waals surface area contributed by atoms with Crippen LogP contribution in [0.15, 0.2) is 42.6 Å². The molecule has 1 aromatic carbocycles. The SMILES string of the molecule is Nc1ccc(Cl)c(Cn2ncc3ccccc32)n1. The van der Waals surface area contributed by atoms with E-state index in [1.807, 2.05) is 35.1 Å². The van der Waals surface area contributed by atoms with E-state index in [0.29, 0.717) is 17.4 Å². The Morgan fingerprint density at radius 3 is 2.89 bits per heavy atom. The number of pyridine rings is 1. The van der Waals surface area contributed by atoms with Gasteiger partial charge in [0, 0.05) is 5.39 Å². The molecule has 0 saturated carbocycles. The fourth-order valence-electron chi connectivity index (χ4n) is 1.91. The quantitative estimate of drug-likeness (QED) is 0.769. The number of hydrogen-bond donors (Lipinski definition) is 1.